The number of thiazole rings is 1. The van der Waals surface area contributed by atoms with Crippen molar-refractivity contribution in [2.75, 3.05) is 0 Å². The summed E-state index contributed by atoms with van der Waals surface area (Å²) >= 11 is 1.74. The van der Waals surface area contributed by atoms with Gasteiger partial charge < -0.3 is 5.32 Å². The van der Waals surface area contributed by atoms with Crippen LogP contribution in [0.2, 0.25) is 0 Å². The van der Waals surface area contributed by atoms with Crippen molar-refractivity contribution in [1.82, 2.24) is 19.9 Å². The number of fused-ring (bicyclic) bond motifs is 3. The van der Waals surface area contributed by atoms with Crippen LogP contribution in [-0.4, -0.2) is 20.6 Å². The minimum Gasteiger partial charge on any atom is -0.309 e. The van der Waals surface area contributed by atoms with Crippen molar-refractivity contribution in [3.63, 3.8) is 0 Å². The number of benzene rings is 1. The zero-order chi connectivity index (χ0) is 14.2. The van der Waals surface area contributed by atoms with Gasteiger partial charge in [0.15, 0.2) is 5.82 Å². The van der Waals surface area contributed by atoms with Crippen LogP contribution in [0.25, 0.3) is 17.1 Å². The number of nitrogens with one attached hydrogen (secondary N) is 1. The van der Waals surface area contributed by atoms with E-state index in [1.54, 1.807) is 11.3 Å². The number of hydrogen-bond donors (Lipinski definition) is 1. The number of hydrogen-bond acceptors (Lipinski definition) is 4. The molecule has 0 bridgehead atoms. The fraction of sp³-hybridized carbons (Fsp3) is 0.250. The Labute approximate surface area is 127 Å². The molecule has 0 saturated heterocycles. The number of aromatic nitrogens is 3. The Morgan fingerprint density at radius 2 is 2.14 bits per heavy atom. The van der Waals surface area contributed by atoms with Gasteiger partial charge in [0.25, 0.3) is 0 Å². The van der Waals surface area contributed by atoms with Gasteiger partial charge in [-0.1, -0.05) is 47.7 Å². The molecule has 0 radical (unpaired) electrons. The fourth-order valence-corrected chi connectivity index (χ4v) is 3.66. The van der Waals surface area contributed by atoms with Crippen LogP contribution >= 0.6 is 11.3 Å². The van der Waals surface area contributed by atoms with Crippen molar-refractivity contribution in [2.24, 2.45) is 0 Å². The van der Waals surface area contributed by atoms with Crippen LogP contribution in [0.15, 0.2) is 30.3 Å². The molecular weight excluding hydrogens is 280 g/mol. The normalized spacial score (nSPS) is 18.4. The van der Waals surface area contributed by atoms with E-state index in [1.807, 2.05) is 28.8 Å². The minimum atomic E-state index is 0.503. The van der Waals surface area contributed by atoms with E-state index in [2.05, 4.69) is 40.5 Å². The average molecular weight is 296 g/mol. The highest BCUT2D eigenvalue weighted by atomic mass is 32.1. The number of nitrogens with zero attached hydrogens (tertiary/aromatic N) is 3. The summed E-state index contributed by atoms with van der Waals surface area (Å²) in [5.74, 6) is 0.777. The summed E-state index contributed by atoms with van der Waals surface area (Å²) in [5, 5.41) is 8.11. The first kappa shape index (κ1) is 12.7. The van der Waals surface area contributed by atoms with Crippen LogP contribution in [0.3, 0.4) is 0 Å². The molecular formula is C16H16N4S. The second kappa shape index (κ2) is 5.09. The van der Waals surface area contributed by atoms with Gasteiger partial charge in [0, 0.05) is 23.9 Å². The first-order chi connectivity index (χ1) is 10.3. The van der Waals surface area contributed by atoms with E-state index >= 15 is 0 Å². The predicted octanol–water partition coefficient (Wildman–Crippen LogP) is 3.00. The quantitative estimate of drug-likeness (QED) is 0.790. The van der Waals surface area contributed by atoms with E-state index in [0.717, 1.165) is 29.3 Å². The molecule has 4 rings (SSSR count). The van der Waals surface area contributed by atoms with Gasteiger partial charge in [-0.05, 0) is 18.6 Å². The largest absolute Gasteiger partial charge is 0.309 e. The zero-order valence-corrected chi connectivity index (χ0v) is 12.6. The maximum atomic E-state index is 4.64. The Morgan fingerprint density at radius 3 is 3.00 bits per heavy atom. The van der Waals surface area contributed by atoms with Crippen molar-refractivity contribution in [1.29, 1.82) is 0 Å². The lowest BCUT2D eigenvalue weighted by molar-refractivity contribution is 0.505. The molecule has 4 nitrogen and oxygen atoms in total. The summed E-state index contributed by atoms with van der Waals surface area (Å²) in [4.78, 5) is 6.97. The Hall–Kier alpha value is -1.98. The van der Waals surface area contributed by atoms with E-state index in [-0.39, 0.29) is 0 Å². The van der Waals surface area contributed by atoms with Crippen LogP contribution in [0.4, 0.5) is 0 Å². The molecule has 0 saturated carbocycles. The first-order valence-corrected chi connectivity index (χ1v) is 7.95. The Bertz CT molecular complexity index is 800. The predicted molar refractivity (Wildman–Crippen MR) is 86.2 cm³/mol. The summed E-state index contributed by atoms with van der Waals surface area (Å²) in [5.41, 5.74) is 2.48. The molecule has 1 aliphatic heterocycles. The molecule has 3 heterocycles. The highest BCUT2D eigenvalue weighted by Crippen LogP contribution is 2.26. The fourth-order valence-electron chi connectivity index (χ4n) is 2.62. The van der Waals surface area contributed by atoms with E-state index in [1.165, 1.54) is 10.6 Å². The van der Waals surface area contributed by atoms with Gasteiger partial charge in [-0.2, -0.15) is 4.98 Å². The van der Waals surface area contributed by atoms with E-state index in [9.17, 15) is 0 Å². The molecule has 0 fully saturated rings. The average Bonchev–Trinajstić information content (AvgIpc) is 3.04. The monoisotopic (exact) mass is 296 g/mol. The Balaban J connectivity index is 1.67. The second-order valence-corrected chi connectivity index (χ2v) is 6.43. The lowest BCUT2D eigenvalue weighted by Gasteiger charge is -2.19. The van der Waals surface area contributed by atoms with Gasteiger partial charge in [0.05, 0.1) is 5.69 Å². The van der Waals surface area contributed by atoms with Crippen LogP contribution in [0.5, 0.6) is 0 Å². The summed E-state index contributed by atoms with van der Waals surface area (Å²) in [6.07, 6.45) is 5.04. The second-order valence-electron chi connectivity index (χ2n) is 5.37. The molecule has 0 aliphatic carbocycles. The van der Waals surface area contributed by atoms with Crippen molar-refractivity contribution < 1.29 is 0 Å². The molecule has 2 aromatic heterocycles. The smallest absolute Gasteiger partial charge is 0.213 e. The van der Waals surface area contributed by atoms with Gasteiger partial charge in [-0.3, -0.25) is 0 Å². The Kier molecular flexibility index (Phi) is 3.09. The van der Waals surface area contributed by atoms with Crippen LogP contribution in [0, 0.1) is 0 Å². The van der Waals surface area contributed by atoms with Gasteiger partial charge in [-0.15, -0.1) is 5.10 Å². The highest BCUT2D eigenvalue weighted by molar-refractivity contribution is 7.17. The molecule has 1 unspecified atom stereocenters. The van der Waals surface area contributed by atoms with E-state index in [0.29, 0.717) is 6.04 Å². The van der Waals surface area contributed by atoms with E-state index in [4.69, 9.17) is 0 Å². The third-order valence-corrected chi connectivity index (χ3v) is 4.79. The van der Waals surface area contributed by atoms with Gasteiger partial charge in [0.1, 0.15) is 0 Å². The SMILES string of the molecule is CC1Cc2c(sc3nc(/C=C/c4ccccc4)nn23)CN1. The first-order valence-electron chi connectivity index (χ1n) is 7.13. The van der Waals surface area contributed by atoms with Crippen molar-refractivity contribution >= 4 is 28.4 Å². The molecule has 21 heavy (non-hydrogen) atoms. The lowest BCUT2D eigenvalue weighted by atomic mass is 10.1. The zero-order valence-electron chi connectivity index (χ0n) is 11.8. The maximum absolute atomic E-state index is 4.64. The molecule has 1 aliphatic rings. The third kappa shape index (κ3) is 2.39. The molecule has 106 valence electrons. The molecule has 1 atom stereocenters. The van der Waals surface area contributed by atoms with Gasteiger partial charge in [0.2, 0.25) is 4.96 Å². The van der Waals surface area contributed by atoms with Crippen LogP contribution < -0.4 is 5.32 Å². The molecule has 0 amide bonds. The molecule has 5 heteroatoms. The number of rotatable bonds is 2. The topological polar surface area (TPSA) is 42.2 Å². The summed E-state index contributed by atoms with van der Waals surface area (Å²) in [6.45, 7) is 3.14. The summed E-state index contributed by atoms with van der Waals surface area (Å²) in [6, 6.07) is 10.7. The standard InChI is InChI=1S/C16H16N4S/c1-11-9-13-14(10-17-11)21-16-18-15(19-20(13)16)8-7-12-5-3-2-4-6-12/h2-8,11,17H,9-10H2,1H3/b8-7+. The van der Waals surface area contributed by atoms with E-state index < -0.39 is 0 Å². The van der Waals surface area contributed by atoms with Gasteiger partial charge >= 0.3 is 0 Å². The minimum absolute atomic E-state index is 0.503. The van der Waals surface area contributed by atoms with Crippen molar-refractivity contribution in [3.8, 4) is 0 Å². The van der Waals surface area contributed by atoms with Crippen molar-refractivity contribution in [2.45, 2.75) is 25.9 Å². The summed E-state index contributed by atoms with van der Waals surface area (Å²) < 4.78 is 2.02. The maximum Gasteiger partial charge on any atom is 0.213 e. The third-order valence-electron chi connectivity index (χ3n) is 3.72. The van der Waals surface area contributed by atoms with Gasteiger partial charge in [-0.25, -0.2) is 4.52 Å². The van der Waals surface area contributed by atoms with Crippen molar-refractivity contribution in [3.05, 3.63) is 52.3 Å². The molecule has 1 aromatic carbocycles. The lowest BCUT2D eigenvalue weighted by Crippen LogP contribution is -2.32. The summed E-state index contributed by atoms with van der Waals surface area (Å²) in [7, 11) is 0. The molecule has 0 spiro atoms. The Morgan fingerprint density at radius 1 is 1.29 bits per heavy atom. The van der Waals surface area contributed by atoms with Crippen LogP contribution in [-0.2, 0) is 13.0 Å². The van der Waals surface area contributed by atoms with Crippen LogP contribution in [0.1, 0.15) is 28.9 Å². The molecule has 3 aromatic rings. The molecule has 1 N–H and O–H groups in total. The highest BCUT2D eigenvalue weighted by Gasteiger charge is 2.21.